The normalized spacial score (nSPS) is 21.2. The van der Waals surface area contributed by atoms with Gasteiger partial charge in [-0.3, -0.25) is 4.68 Å². The van der Waals surface area contributed by atoms with Gasteiger partial charge in [-0.2, -0.15) is 9.47 Å². The number of halogens is 1. The van der Waals surface area contributed by atoms with E-state index in [1.807, 2.05) is 4.68 Å². The Kier molecular flexibility index (Phi) is 4.29. The molecule has 7 heteroatoms. The van der Waals surface area contributed by atoms with Crippen molar-refractivity contribution in [3.05, 3.63) is 22.2 Å². The minimum absolute atomic E-state index is 0.276. The van der Waals surface area contributed by atoms with E-state index in [0.717, 1.165) is 47.7 Å². The first-order valence-electron chi connectivity index (χ1n) is 8.87. The molecule has 1 atom stereocenters. The van der Waals surface area contributed by atoms with E-state index in [4.69, 9.17) is 21.7 Å². The number of nitrogens with zero attached hydrogens (tertiary/aromatic N) is 5. The summed E-state index contributed by atoms with van der Waals surface area (Å²) < 4.78 is 6.54. The summed E-state index contributed by atoms with van der Waals surface area (Å²) in [5, 5.41) is 6.54. The summed E-state index contributed by atoms with van der Waals surface area (Å²) in [5.74, 6) is 2.17. The maximum absolute atomic E-state index is 6.71. The molecule has 1 saturated carbocycles. The standard InChI is InChI=1S/C17H24ClN5S/c1-10(2)9-23-15(18)14(11(3)20-23)13-5-4-8-22(13)17-19-16(21-24-17)12-6-7-12/h10,12-13H,4-9H2,1-3H3. The topological polar surface area (TPSA) is 46.8 Å². The average molecular weight is 366 g/mol. The van der Waals surface area contributed by atoms with Gasteiger partial charge in [0.25, 0.3) is 0 Å². The monoisotopic (exact) mass is 365 g/mol. The fourth-order valence-corrected chi connectivity index (χ4v) is 4.75. The molecule has 0 aromatic carbocycles. The Morgan fingerprint density at radius 2 is 2.08 bits per heavy atom. The van der Waals surface area contributed by atoms with Crippen molar-refractivity contribution in [1.82, 2.24) is 19.1 Å². The Morgan fingerprint density at radius 1 is 1.29 bits per heavy atom. The summed E-state index contributed by atoms with van der Waals surface area (Å²) in [6, 6.07) is 0.276. The molecule has 0 radical (unpaired) electrons. The van der Waals surface area contributed by atoms with E-state index < -0.39 is 0 Å². The van der Waals surface area contributed by atoms with Crippen molar-refractivity contribution < 1.29 is 0 Å². The van der Waals surface area contributed by atoms with Crippen LogP contribution in [-0.2, 0) is 6.54 Å². The summed E-state index contributed by atoms with van der Waals surface area (Å²) in [4.78, 5) is 7.20. The predicted octanol–water partition coefficient (Wildman–Crippen LogP) is 4.57. The predicted molar refractivity (Wildman–Crippen MR) is 98.0 cm³/mol. The quantitative estimate of drug-likeness (QED) is 0.778. The molecule has 1 aliphatic carbocycles. The van der Waals surface area contributed by atoms with Crippen LogP contribution < -0.4 is 4.90 Å². The zero-order valence-electron chi connectivity index (χ0n) is 14.5. The first-order chi connectivity index (χ1) is 11.5. The third-order valence-corrected chi connectivity index (χ3v) is 6.02. The molecule has 130 valence electrons. The van der Waals surface area contributed by atoms with E-state index in [1.54, 1.807) is 0 Å². The van der Waals surface area contributed by atoms with E-state index >= 15 is 0 Å². The van der Waals surface area contributed by atoms with Crippen LogP contribution in [0.3, 0.4) is 0 Å². The van der Waals surface area contributed by atoms with Crippen LogP contribution in [0, 0.1) is 12.8 Å². The highest BCUT2D eigenvalue weighted by Crippen LogP contribution is 2.44. The van der Waals surface area contributed by atoms with Gasteiger partial charge in [-0.25, -0.2) is 4.98 Å². The Bertz CT molecular complexity index is 733. The lowest BCUT2D eigenvalue weighted by Gasteiger charge is -2.23. The van der Waals surface area contributed by atoms with Crippen LogP contribution in [0.2, 0.25) is 5.15 Å². The van der Waals surface area contributed by atoms with Gasteiger partial charge >= 0.3 is 0 Å². The molecule has 1 aliphatic heterocycles. The number of aryl methyl sites for hydroxylation is 1. The molecule has 2 aliphatic rings. The Morgan fingerprint density at radius 3 is 2.79 bits per heavy atom. The van der Waals surface area contributed by atoms with Crippen LogP contribution in [0.15, 0.2) is 0 Å². The van der Waals surface area contributed by atoms with E-state index in [9.17, 15) is 0 Å². The minimum Gasteiger partial charge on any atom is -0.340 e. The maximum Gasteiger partial charge on any atom is 0.205 e. The molecule has 4 rings (SSSR count). The van der Waals surface area contributed by atoms with Gasteiger partial charge < -0.3 is 4.90 Å². The van der Waals surface area contributed by atoms with E-state index in [1.165, 1.54) is 29.9 Å². The van der Waals surface area contributed by atoms with E-state index in [2.05, 4.69) is 30.0 Å². The first-order valence-corrected chi connectivity index (χ1v) is 10.0. The highest BCUT2D eigenvalue weighted by Gasteiger charge is 2.35. The first kappa shape index (κ1) is 16.3. The summed E-state index contributed by atoms with van der Waals surface area (Å²) in [6.07, 6.45) is 4.75. The number of hydrogen-bond acceptors (Lipinski definition) is 5. The number of aromatic nitrogens is 4. The van der Waals surface area contributed by atoms with Gasteiger partial charge in [-0.05, 0) is 38.5 Å². The molecule has 3 heterocycles. The largest absolute Gasteiger partial charge is 0.340 e. The lowest BCUT2D eigenvalue weighted by atomic mass is 10.1. The SMILES string of the molecule is Cc1nn(CC(C)C)c(Cl)c1C1CCCN1c1nc(C2CC2)ns1. The van der Waals surface area contributed by atoms with Gasteiger partial charge in [0, 0.05) is 36.1 Å². The summed E-state index contributed by atoms with van der Waals surface area (Å²) in [5.41, 5.74) is 2.22. The molecule has 2 aromatic heterocycles. The molecule has 1 saturated heterocycles. The second-order valence-electron chi connectivity index (χ2n) is 7.43. The van der Waals surface area contributed by atoms with Crippen LogP contribution in [0.25, 0.3) is 0 Å². The summed E-state index contributed by atoms with van der Waals surface area (Å²) in [6.45, 7) is 8.33. The zero-order chi connectivity index (χ0) is 16.8. The average Bonchev–Trinajstić information content (AvgIpc) is 2.96. The molecule has 0 amide bonds. The molecule has 5 nitrogen and oxygen atoms in total. The van der Waals surface area contributed by atoms with Crippen molar-refractivity contribution >= 4 is 28.3 Å². The van der Waals surface area contributed by atoms with Crippen molar-refractivity contribution in [3.8, 4) is 0 Å². The van der Waals surface area contributed by atoms with Gasteiger partial charge in [0.05, 0.1) is 11.7 Å². The second-order valence-corrected chi connectivity index (χ2v) is 8.52. The maximum atomic E-state index is 6.71. The lowest BCUT2D eigenvalue weighted by Crippen LogP contribution is -2.23. The summed E-state index contributed by atoms with van der Waals surface area (Å²) >= 11 is 8.25. The van der Waals surface area contributed by atoms with E-state index in [0.29, 0.717) is 11.8 Å². The molecular formula is C17H24ClN5S. The summed E-state index contributed by atoms with van der Waals surface area (Å²) in [7, 11) is 0. The molecule has 24 heavy (non-hydrogen) atoms. The van der Waals surface area contributed by atoms with Crippen molar-refractivity contribution in [2.45, 2.75) is 65.0 Å². The highest BCUT2D eigenvalue weighted by atomic mass is 35.5. The van der Waals surface area contributed by atoms with Crippen LogP contribution in [-0.4, -0.2) is 25.7 Å². The molecular weight excluding hydrogens is 342 g/mol. The highest BCUT2D eigenvalue weighted by molar-refractivity contribution is 7.09. The van der Waals surface area contributed by atoms with Crippen molar-refractivity contribution in [1.29, 1.82) is 0 Å². The molecule has 2 fully saturated rings. The zero-order valence-corrected chi connectivity index (χ0v) is 16.1. The number of anilines is 1. The third-order valence-electron chi connectivity index (χ3n) is 4.85. The van der Waals surface area contributed by atoms with Crippen LogP contribution in [0.5, 0.6) is 0 Å². The van der Waals surface area contributed by atoms with Crippen molar-refractivity contribution in [2.75, 3.05) is 11.4 Å². The van der Waals surface area contributed by atoms with Crippen molar-refractivity contribution in [2.24, 2.45) is 5.92 Å². The molecule has 0 spiro atoms. The Hall–Kier alpha value is -1.14. The molecule has 2 aromatic rings. The van der Waals surface area contributed by atoms with Gasteiger partial charge in [-0.1, -0.05) is 25.4 Å². The molecule has 0 N–H and O–H groups in total. The molecule has 0 bridgehead atoms. The third kappa shape index (κ3) is 2.94. The minimum atomic E-state index is 0.276. The van der Waals surface area contributed by atoms with Crippen LogP contribution >= 0.6 is 23.1 Å². The smallest absolute Gasteiger partial charge is 0.205 e. The lowest BCUT2D eigenvalue weighted by molar-refractivity contribution is 0.481. The van der Waals surface area contributed by atoms with Crippen molar-refractivity contribution in [3.63, 3.8) is 0 Å². The second kappa shape index (κ2) is 6.30. The number of rotatable bonds is 5. The Balaban J connectivity index is 1.63. The fraction of sp³-hybridized carbons (Fsp3) is 0.706. The fourth-order valence-electron chi connectivity index (χ4n) is 3.56. The van der Waals surface area contributed by atoms with Gasteiger partial charge in [0.2, 0.25) is 5.13 Å². The van der Waals surface area contributed by atoms with Gasteiger partial charge in [-0.15, -0.1) is 0 Å². The Labute approximate surface area is 152 Å². The van der Waals surface area contributed by atoms with Crippen LogP contribution in [0.4, 0.5) is 5.13 Å². The number of hydrogen-bond donors (Lipinski definition) is 0. The molecule has 1 unspecified atom stereocenters. The van der Waals surface area contributed by atoms with Gasteiger partial charge in [0.1, 0.15) is 11.0 Å². The van der Waals surface area contributed by atoms with Crippen LogP contribution in [0.1, 0.15) is 68.6 Å². The van der Waals surface area contributed by atoms with Gasteiger partial charge in [0.15, 0.2) is 0 Å². The van der Waals surface area contributed by atoms with E-state index in [-0.39, 0.29) is 6.04 Å².